The molecule has 0 aliphatic heterocycles. The zero-order chi connectivity index (χ0) is 89.3. The third-order valence-corrected chi connectivity index (χ3v) is 18.0. The quantitative estimate of drug-likeness (QED) is 0.0270. The van der Waals surface area contributed by atoms with E-state index >= 15 is 0 Å². The number of benzene rings is 1. The van der Waals surface area contributed by atoms with E-state index in [1.807, 2.05) is 0 Å². The smallest absolute Gasteiger partial charge is 0.326 e. The van der Waals surface area contributed by atoms with Crippen LogP contribution in [0.1, 0.15) is 164 Å². The number of nitrogens with one attached hydrogen (secondary N) is 13. The van der Waals surface area contributed by atoms with Crippen molar-refractivity contribution >= 4 is 119 Å². The van der Waals surface area contributed by atoms with Crippen molar-refractivity contribution in [2.45, 2.75) is 261 Å². The van der Waals surface area contributed by atoms with Crippen LogP contribution in [0.5, 0.6) is 0 Å². The summed E-state index contributed by atoms with van der Waals surface area (Å²) < 4.78 is 0. The number of carboxylic acids is 6. The molecule has 656 valence electrons. The lowest BCUT2D eigenvalue weighted by Crippen LogP contribution is -2.62. The Bertz CT molecular complexity index is 3610. The lowest BCUT2D eigenvalue weighted by Gasteiger charge is -2.30. The standard InChI is InChI=1S/C72H114N16O29/c1-9-35(6)58(87-65(109)43(21-25-55(100)101)79-62(106)41(19-23-53(96)97)81-71(115)59(37(8)90)88-61(105)39(74)17-13-14-26-73)70(114)85-48(32-89)68(112)80-42(20-24-54(98)99)64(108)86-57(34(4)5)69(113)83-45(29-50(75)92)67(111)82-44(27-33(2)3)49(91)31-51(93)77-46(30-56(102)103)66(110)76-36(7)60(104)78-40(18-22-52(94)95)63(107)84-47(72(116)117)28-38-15-11-10-12-16-38/h10-12,15-16,33-37,39-49,57-59,89-91H,9,13-14,17-32,73-74H2,1-8H3,(H2,75,92)(H,76,110)(H,77,93)(H,78,104)(H,79,106)(H,80,112)(H,81,115)(H,82,111)(H,83,113)(H,84,107)(H,85,114)(H,86,108)(H,87,109)(H,88,105)(H,94,95)(H,96,97)(H,98,99)(H,100,101)(H,102,103)(H,116,117)/t35-,36-,37+,39-,40-,41-,42-,43-,44?,45-,46-,47-,48-,49+,57-,58-,59-/m0/s1. The van der Waals surface area contributed by atoms with Gasteiger partial charge in [0.15, 0.2) is 0 Å². The van der Waals surface area contributed by atoms with Gasteiger partial charge in [0, 0.05) is 32.1 Å². The van der Waals surface area contributed by atoms with Crippen molar-refractivity contribution in [1.82, 2.24) is 69.1 Å². The molecule has 17 atom stereocenters. The van der Waals surface area contributed by atoms with Crippen molar-refractivity contribution in [2.24, 2.45) is 35.0 Å². The zero-order valence-corrected chi connectivity index (χ0v) is 66.2. The summed E-state index contributed by atoms with van der Waals surface area (Å²) >= 11 is 0. The Morgan fingerprint density at radius 1 is 0.402 bits per heavy atom. The molecule has 0 spiro atoms. The molecule has 117 heavy (non-hydrogen) atoms. The number of carbonyl (C=O) groups excluding carboxylic acids is 14. The van der Waals surface area contributed by atoms with Gasteiger partial charge in [-0.15, -0.1) is 0 Å². The van der Waals surface area contributed by atoms with E-state index in [0.29, 0.717) is 24.9 Å². The van der Waals surface area contributed by atoms with Crippen molar-refractivity contribution in [3.63, 3.8) is 0 Å². The van der Waals surface area contributed by atoms with Crippen LogP contribution in [0.4, 0.5) is 0 Å². The summed E-state index contributed by atoms with van der Waals surface area (Å²) in [5.41, 5.74) is 17.4. The predicted molar refractivity (Wildman–Crippen MR) is 406 cm³/mol. The number of unbranched alkanes of at least 4 members (excludes halogenated alkanes) is 1. The highest BCUT2D eigenvalue weighted by Gasteiger charge is 2.40. The maximum absolute atomic E-state index is 14.2. The SMILES string of the molecule is CC[C@H](C)[C@H](NC(=O)[C@H](CCC(=O)O)NC(=O)[C@H](CCC(=O)O)NC(=O)[C@@H](NC(=O)[C@@H](N)CCCCN)[C@@H](C)O)C(=O)N[C@@H](CO)C(=O)N[C@@H](CCC(=O)O)C(=O)N[C@H](C(=O)N[C@@H](CC(N)=O)C(=O)NC(CC(C)C)[C@H](O)CC(=O)N[C@@H](CC(=O)O)C(=O)N[C@@H](C)C(=O)N[C@@H](CCC(=O)O)C(=O)N[C@@H](Cc1ccccc1)C(=O)O)C(C)C. The van der Waals surface area contributed by atoms with Gasteiger partial charge in [0.1, 0.15) is 72.5 Å². The van der Waals surface area contributed by atoms with E-state index in [0.717, 1.165) is 13.8 Å². The van der Waals surface area contributed by atoms with Crippen LogP contribution in [0.2, 0.25) is 0 Å². The van der Waals surface area contributed by atoms with Gasteiger partial charge in [0.25, 0.3) is 0 Å². The molecule has 1 aromatic carbocycles. The molecular formula is C72H114N16O29. The van der Waals surface area contributed by atoms with Crippen LogP contribution in [0.15, 0.2) is 30.3 Å². The molecule has 14 amide bonds. The van der Waals surface area contributed by atoms with Gasteiger partial charge in [-0.05, 0) is 88.7 Å². The summed E-state index contributed by atoms with van der Waals surface area (Å²) in [7, 11) is 0. The number of carbonyl (C=O) groups is 20. The molecule has 0 aliphatic rings. The number of aliphatic hydroxyl groups is 3. The number of aliphatic carboxylic acids is 6. The monoisotopic (exact) mass is 1670 g/mol. The summed E-state index contributed by atoms with van der Waals surface area (Å²) in [6, 6.07) is -16.4. The third-order valence-electron chi connectivity index (χ3n) is 18.0. The second-order valence-electron chi connectivity index (χ2n) is 28.7. The third kappa shape index (κ3) is 40.0. The summed E-state index contributed by atoms with van der Waals surface area (Å²) in [4.78, 5) is 263. The Labute approximate surface area is 672 Å². The summed E-state index contributed by atoms with van der Waals surface area (Å²) in [5, 5.41) is 119. The van der Waals surface area contributed by atoms with E-state index in [1.54, 1.807) is 51.1 Å². The highest BCUT2D eigenvalue weighted by molar-refractivity contribution is 6.00. The van der Waals surface area contributed by atoms with Crippen LogP contribution in [-0.2, 0) is 102 Å². The lowest BCUT2D eigenvalue weighted by atomic mass is 9.96. The number of aliphatic hydroxyl groups excluding tert-OH is 3. The minimum Gasteiger partial charge on any atom is -0.481 e. The molecule has 0 saturated carbocycles. The molecule has 0 aromatic heterocycles. The Kier molecular flexibility index (Phi) is 46.7. The van der Waals surface area contributed by atoms with Crippen molar-refractivity contribution in [3.05, 3.63) is 35.9 Å². The molecule has 28 N–H and O–H groups in total. The molecule has 45 heteroatoms. The molecule has 1 rings (SSSR count). The fourth-order valence-electron chi connectivity index (χ4n) is 11.2. The number of amides is 14. The molecule has 0 aliphatic carbocycles. The minimum atomic E-state index is -2.05. The molecule has 0 bridgehead atoms. The van der Waals surface area contributed by atoms with Crippen molar-refractivity contribution in [2.75, 3.05) is 13.2 Å². The second-order valence-corrected chi connectivity index (χ2v) is 28.7. The summed E-state index contributed by atoms with van der Waals surface area (Å²) in [6.07, 6.45) is -11.8. The van der Waals surface area contributed by atoms with Crippen LogP contribution in [0, 0.1) is 17.8 Å². The van der Waals surface area contributed by atoms with Gasteiger partial charge >= 0.3 is 35.8 Å². The van der Waals surface area contributed by atoms with Crippen molar-refractivity contribution in [3.8, 4) is 0 Å². The van der Waals surface area contributed by atoms with Crippen LogP contribution in [0.25, 0.3) is 0 Å². The molecule has 0 radical (unpaired) electrons. The van der Waals surface area contributed by atoms with E-state index in [4.69, 9.17) is 17.2 Å². The van der Waals surface area contributed by atoms with Gasteiger partial charge in [0.2, 0.25) is 82.7 Å². The van der Waals surface area contributed by atoms with E-state index in [1.165, 1.54) is 20.8 Å². The van der Waals surface area contributed by atoms with E-state index in [-0.39, 0.29) is 25.7 Å². The molecule has 0 saturated heterocycles. The number of hydrogen-bond acceptors (Lipinski definition) is 25. The first-order valence-electron chi connectivity index (χ1n) is 37.7. The van der Waals surface area contributed by atoms with Crippen LogP contribution < -0.4 is 86.3 Å². The summed E-state index contributed by atoms with van der Waals surface area (Å²) in [5.74, 6) is -28.3. The fourth-order valence-corrected chi connectivity index (χ4v) is 11.2. The van der Waals surface area contributed by atoms with Gasteiger partial charge in [-0.3, -0.25) is 91.1 Å². The van der Waals surface area contributed by atoms with E-state index in [9.17, 15) is 142 Å². The average molecular weight is 1670 g/mol. The van der Waals surface area contributed by atoms with Gasteiger partial charge in [-0.2, -0.15) is 0 Å². The number of nitrogens with two attached hydrogens (primary N) is 3. The number of hydrogen-bond donors (Lipinski definition) is 25. The fraction of sp³-hybridized carbons (Fsp3) is 0.639. The van der Waals surface area contributed by atoms with Crippen LogP contribution in [-0.4, -0.2) is 274 Å². The van der Waals surface area contributed by atoms with Gasteiger partial charge in [0.05, 0.1) is 50.2 Å². The molecule has 1 unspecified atom stereocenters. The first kappa shape index (κ1) is 103. The Morgan fingerprint density at radius 3 is 1.22 bits per heavy atom. The van der Waals surface area contributed by atoms with Gasteiger partial charge < -0.3 is 132 Å². The topological polar surface area (TPSA) is 758 Å². The predicted octanol–water partition coefficient (Wildman–Crippen LogP) is -7.23. The van der Waals surface area contributed by atoms with Gasteiger partial charge in [-0.25, -0.2) is 4.79 Å². The normalized spacial score (nSPS) is 15.5. The Morgan fingerprint density at radius 2 is 0.795 bits per heavy atom. The van der Waals surface area contributed by atoms with Crippen LogP contribution in [0.3, 0.4) is 0 Å². The lowest BCUT2D eigenvalue weighted by molar-refractivity contribution is -0.143. The minimum absolute atomic E-state index is 0.0650. The number of rotatable bonds is 58. The molecule has 45 nitrogen and oxygen atoms in total. The highest BCUT2D eigenvalue weighted by Crippen LogP contribution is 2.17. The van der Waals surface area contributed by atoms with Crippen molar-refractivity contribution in [1.29, 1.82) is 0 Å². The highest BCUT2D eigenvalue weighted by atomic mass is 16.4. The Balaban J connectivity index is 3.50. The molecule has 1 aromatic rings. The maximum atomic E-state index is 14.2. The molecular weight excluding hydrogens is 1550 g/mol. The van der Waals surface area contributed by atoms with E-state index < -0.39 is 310 Å². The zero-order valence-electron chi connectivity index (χ0n) is 66.2. The number of primary amides is 1. The maximum Gasteiger partial charge on any atom is 0.326 e. The average Bonchev–Trinajstić information content (AvgIpc) is 0.857. The van der Waals surface area contributed by atoms with Crippen molar-refractivity contribution < 1.29 is 142 Å². The first-order valence-corrected chi connectivity index (χ1v) is 37.7. The summed E-state index contributed by atoms with van der Waals surface area (Å²) in [6.45, 7) is 10.1. The van der Waals surface area contributed by atoms with Crippen LogP contribution >= 0.6 is 0 Å². The Hall–Kier alpha value is -11.6. The number of carboxylic acid groups (broad SMARTS) is 6. The van der Waals surface area contributed by atoms with E-state index in [2.05, 4.69) is 69.1 Å². The largest absolute Gasteiger partial charge is 0.481 e. The van der Waals surface area contributed by atoms with Gasteiger partial charge in [-0.1, -0.05) is 84.7 Å². The first-order chi connectivity index (χ1) is 54.7. The molecule has 0 heterocycles. The second kappa shape index (κ2) is 52.8. The molecule has 0 fully saturated rings.